The van der Waals surface area contributed by atoms with Gasteiger partial charge >= 0.3 is 0 Å². The van der Waals surface area contributed by atoms with Crippen LogP contribution in [0.5, 0.6) is 0 Å². The van der Waals surface area contributed by atoms with E-state index in [1.165, 1.54) is 24.5 Å². The molecule has 0 aliphatic carbocycles. The van der Waals surface area contributed by atoms with E-state index in [0.29, 0.717) is 16.4 Å². The second kappa shape index (κ2) is 7.24. The smallest absolute Gasteiger partial charge is 0.265 e. The van der Waals surface area contributed by atoms with Crippen molar-refractivity contribution in [3.8, 4) is 5.69 Å². The average Bonchev–Trinajstić information content (AvgIpc) is 3.24. The van der Waals surface area contributed by atoms with E-state index < -0.39 is 0 Å². The van der Waals surface area contributed by atoms with E-state index in [0.717, 1.165) is 21.6 Å². The number of para-hydroxylation sites is 1. The fourth-order valence-corrected chi connectivity index (χ4v) is 3.90. The van der Waals surface area contributed by atoms with Crippen molar-refractivity contribution in [3.05, 3.63) is 65.3 Å². The highest BCUT2D eigenvalue weighted by atomic mass is 32.1. The van der Waals surface area contributed by atoms with E-state index >= 15 is 0 Å². The van der Waals surface area contributed by atoms with Crippen molar-refractivity contribution in [1.82, 2.24) is 14.8 Å². The third-order valence-corrected chi connectivity index (χ3v) is 5.20. The minimum atomic E-state index is -0.214. The molecule has 1 aromatic carbocycles. The predicted molar refractivity (Wildman–Crippen MR) is 110 cm³/mol. The predicted octanol–water partition coefficient (Wildman–Crippen LogP) is 4.00. The molecule has 7 nitrogen and oxygen atoms in total. The molecule has 2 N–H and O–H groups in total. The van der Waals surface area contributed by atoms with Crippen molar-refractivity contribution < 1.29 is 9.59 Å². The van der Waals surface area contributed by atoms with Crippen LogP contribution in [-0.2, 0) is 4.79 Å². The van der Waals surface area contributed by atoms with E-state index in [1.807, 2.05) is 48.0 Å². The molecule has 0 saturated carbocycles. The highest BCUT2D eigenvalue weighted by molar-refractivity contribution is 7.20. The number of anilines is 2. The number of amides is 2. The maximum absolute atomic E-state index is 12.7. The Morgan fingerprint density at radius 3 is 2.54 bits per heavy atom. The Bertz CT molecular complexity index is 1160. The second-order valence-corrected chi connectivity index (χ2v) is 7.26. The number of carbonyl (C=O) groups is 2. The van der Waals surface area contributed by atoms with Crippen LogP contribution in [0.25, 0.3) is 15.9 Å². The van der Waals surface area contributed by atoms with E-state index in [4.69, 9.17) is 0 Å². The summed E-state index contributed by atoms with van der Waals surface area (Å²) in [6.45, 7) is 3.35. The molecule has 140 valence electrons. The van der Waals surface area contributed by atoms with Gasteiger partial charge < -0.3 is 10.6 Å². The van der Waals surface area contributed by atoms with Crippen molar-refractivity contribution in [2.24, 2.45) is 0 Å². The second-order valence-electron chi connectivity index (χ2n) is 6.23. The number of benzene rings is 1. The van der Waals surface area contributed by atoms with Crippen LogP contribution in [0.4, 0.5) is 11.5 Å². The summed E-state index contributed by atoms with van der Waals surface area (Å²) in [4.78, 5) is 29.3. The number of aromatic nitrogens is 3. The molecule has 0 bridgehead atoms. The van der Waals surface area contributed by atoms with E-state index in [-0.39, 0.29) is 11.8 Å². The average molecular weight is 391 g/mol. The molecule has 0 aliphatic rings. The van der Waals surface area contributed by atoms with Crippen LogP contribution in [-0.4, -0.2) is 26.6 Å². The summed E-state index contributed by atoms with van der Waals surface area (Å²) in [6.07, 6.45) is 1.51. The summed E-state index contributed by atoms with van der Waals surface area (Å²) < 4.78 is 1.86. The van der Waals surface area contributed by atoms with Crippen molar-refractivity contribution >= 4 is 44.9 Å². The lowest BCUT2D eigenvalue weighted by Crippen LogP contribution is -2.11. The number of hydrogen-bond acceptors (Lipinski definition) is 5. The standard InChI is InChI=1S/C20H17N5O2S/c1-12-16-10-17(28-20(16)25(24-12)15-6-4-3-5-7-15)19(27)23-14-8-9-18(21-11-14)22-13(2)26/h3-11H,1-2H3,(H,23,27)(H,21,22,26). The molecule has 4 rings (SSSR count). The largest absolute Gasteiger partial charge is 0.320 e. The molecule has 8 heteroatoms. The lowest BCUT2D eigenvalue weighted by Gasteiger charge is -2.05. The lowest BCUT2D eigenvalue weighted by molar-refractivity contribution is -0.114. The minimum Gasteiger partial charge on any atom is -0.320 e. The molecule has 0 aliphatic heterocycles. The normalized spacial score (nSPS) is 10.8. The van der Waals surface area contributed by atoms with Gasteiger partial charge in [-0.25, -0.2) is 9.67 Å². The maximum atomic E-state index is 12.7. The first-order valence-corrected chi connectivity index (χ1v) is 9.42. The maximum Gasteiger partial charge on any atom is 0.265 e. The third-order valence-electron chi connectivity index (χ3n) is 4.09. The van der Waals surface area contributed by atoms with Gasteiger partial charge in [0.05, 0.1) is 28.1 Å². The van der Waals surface area contributed by atoms with Crippen LogP contribution < -0.4 is 10.6 Å². The summed E-state index contributed by atoms with van der Waals surface area (Å²) in [7, 11) is 0. The molecular formula is C20H17N5O2S. The zero-order valence-electron chi connectivity index (χ0n) is 15.3. The van der Waals surface area contributed by atoms with Gasteiger partial charge in [-0.2, -0.15) is 5.10 Å². The Kier molecular flexibility index (Phi) is 4.62. The summed E-state index contributed by atoms with van der Waals surface area (Å²) in [6, 6.07) is 15.0. The summed E-state index contributed by atoms with van der Waals surface area (Å²) >= 11 is 1.39. The molecular weight excluding hydrogens is 374 g/mol. The van der Waals surface area contributed by atoms with Crippen LogP contribution >= 0.6 is 11.3 Å². The van der Waals surface area contributed by atoms with E-state index in [1.54, 1.807) is 12.1 Å². The van der Waals surface area contributed by atoms with Crippen molar-refractivity contribution in [1.29, 1.82) is 0 Å². The number of nitrogens with one attached hydrogen (secondary N) is 2. The zero-order chi connectivity index (χ0) is 19.7. The van der Waals surface area contributed by atoms with Crippen LogP contribution in [0.15, 0.2) is 54.7 Å². The number of carbonyl (C=O) groups excluding carboxylic acids is 2. The number of hydrogen-bond donors (Lipinski definition) is 2. The van der Waals surface area contributed by atoms with Crippen molar-refractivity contribution in [2.75, 3.05) is 10.6 Å². The zero-order valence-corrected chi connectivity index (χ0v) is 16.1. The molecule has 2 amide bonds. The highest BCUT2D eigenvalue weighted by Crippen LogP contribution is 2.30. The number of aryl methyl sites for hydroxylation is 1. The van der Waals surface area contributed by atoms with Gasteiger partial charge in [0.25, 0.3) is 5.91 Å². The van der Waals surface area contributed by atoms with Crippen LogP contribution in [0.1, 0.15) is 22.3 Å². The molecule has 4 aromatic rings. The monoisotopic (exact) mass is 391 g/mol. The third kappa shape index (κ3) is 3.49. The Labute approximate surface area is 165 Å². The van der Waals surface area contributed by atoms with Crippen LogP contribution in [0.3, 0.4) is 0 Å². The quantitative estimate of drug-likeness (QED) is 0.550. The molecule has 0 radical (unpaired) electrons. The van der Waals surface area contributed by atoms with Crippen LogP contribution in [0.2, 0.25) is 0 Å². The van der Waals surface area contributed by atoms with Gasteiger partial charge in [-0.05, 0) is 37.3 Å². The number of pyridine rings is 1. The molecule has 3 aromatic heterocycles. The van der Waals surface area contributed by atoms with Crippen molar-refractivity contribution in [2.45, 2.75) is 13.8 Å². The van der Waals surface area contributed by atoms with Gasteiger partial charge in [-0.15, -0.1) is 11.3 Å². The minimum absolute atomic E-state index is 0.197. The Morgan fingerprint density at radius 1 is 1.07 bits per heavy atom. The fraction of sp³-hybridized carbons (Fsp3) is 0.100. The Balaban J connectivity index is 1.59. The van der Waals surface area contributed by atoms with Gasteiger partial charge in [0.2, 0.25) is 5.91 Å². The first kappa shape index (κ1) is 17.9. The first-order chi connectivity index (χ1) is 13.5. The first-order valence-electron chi connectivity index (χ1n) is 8.61. The van der Waals surface area contributed by atoms with Gasteiger partial charge in [0.1, 0.15) is 10.6 Å². The number of rotatable bonds is 4. The summed E-state index contributed by atoms with van der Waals surface area (Å²) in [5.41, 5.74) is 2.38. The molecule has 0 atom stereocenters. The fourth-order valence-electron chi connectivity index (χ4n) is 2.82. The number of thiophene rings is 1. The molecule has 0 fully saturated rings. The van der Waals surface area contributed by atoms with Gasteiger partial charge in [0, 0.05) is 12.3 Å². The van der Waals surface area contributed by atoms with E-state index in [9.17, 15) is 9.59 Å². The van der Waals surface area contributed by atoms with Gasteiger partial charge in [-0.3, -0.25) is 9.59 Å². The topological polar surface area (TPSA) is 88.9 Å². The SMILES string of the molecule is CC(=O)Nc1ccc(NC(=O)c2cc3c(C)nn(-c4ccccc4)c3s2)cn1. The lowest BCUT2D eigenvalue weighted by atomic mass is 10.3. The highest BCUT2D eigenvalue weighted by Gasteiger charge is 2.17. The molecule has 0 saturated heterocycles. The summed E-state index contributed by atoms with van der Waals surface area (Å²) in [5, 5.41) is 11.0. The molecule has 3 heterocycles. The van der Waals surface area contributed by atoms with Crippen molar-refractivity contribution in [3.63, 3.8) is 0 Å². The number of fused-ring (bicyclic) bond motifs is 1. The summed E-state index contributed by atoms with van der Waals surface area (Å²) in [5.74, 6) is 0.0256. The molecule has 0 unspecified atom stereocenters. The Morgan fingerprint density at radius 2 is 1.86 bits per heavy atom. The van der Waals surface area contributed by atoms with E-state index in [2.05, 4.69) is 20.7 Å². The van der Waals surface area contributed by atoms with Gasteiger partial charge in [-0.1, -0.05) is 18.2 Å². The number of nitrogens with zero attached hydrogens (tertiary/aromatic N) is 3. The Hall–Kier alpha value is -3.52. The van der Waals surface area contributed by atoms with Crippen LogP contribution in [0, 0.1) is 6.92 Å². The molecule has 0 spiro atoms. The molecule has 28 heavy (non-hydrogen) atoms. The van der Waals surface area contributed by atoms with Gasteiger partial charge in [0.15, 0.2) is 0 Å².